The summed E-state index contributed by atoms with van der Waals surface area (Å²) in [6.07, 6.45) is 11.0. The van der Waals surface area contributed by atoms with Crippen LogP contribution in [-0.4, -0.2) is 9.35 Å². The molecule has 0 atom stereocenters. The molecule has 2 heteroatoms. The fraction of sp³-hybridized carbons (Fsp3) is 0.429. The molecule has 0 saturated heterocycles. The van der Waals surface area contributed by atoms with E-state index < -0.39 is 0 Å². The number of hydrogen-bond acceptors (Lipinski definition) is 0. The van der Waals surface area contributed by atoms with E-state index in [2.05, 4.69) is 61.8 Å². The lowest BCUT2D eigenvalue weighted by atomic mass is 10.1. The summed E-state index contributed by atoms with van der Waals surface area (Å²) < 4.78 is 4.33. The lowest BCUT2D eigenvalue weighted by molar-refractivity contribution is 0.662. The zero-order valence-corrected chi connectivity index (χ0v) is 10.6. The molecular weight excluding hydrogens is 196 g/mol. The highest BCUT2D eigenvalue weighted by Gasteiger charge is 2.05. The van der Waals surface area contributed by atoms with Crippen LogP contribution in [0.25, 0.3) is 0 Å². The van der Waals surface area contributed by atoms with Gasteiger partial charge in [-0.3, -0.25) is 9.35 Å². The third kappa shape index (κ3) is 1.80. The SMILES string of the molecule is CCc1cn(-n2cc(C)c(C)c2)cc1CC. The number of hydrogen-bond donors (Lipinski definition) is 0. The van der Waals surface area contributed by atoms with Crippen molar-refractivity contribution in [2.75, 3.05) is 0 Å². The molecule has 0 bridgehead atoms. The molecule has 0 spiro atoms. The van der Waals surface area contributed by atoms with Crippen LogP contribution in [0.3, 0.4) is 0 Å². The zero-order chi connectivity index (χ0) is 11.7. The molecule has 0 saturated carbocycles. The van der Waals surface area contributed by atoms with Gasteiger partial charge in [0.05, 0.1) is 0 Å². The molecule has 2 rings (SSSR count). The maximum Gasteiger partial charge on any atom is 0.0303 e. The molecule has 0 fully saturated rings. The highest BCUT2D eigenvalue weighted by Crippen LogP contribution is 2.14. The van der Waals surface area contributed by atoms with Gasteiger partial charge in [0.25, 0.3) is 0 Å². The minimum atomic E-state index is 1.11. The first-order valence-electron chi connectivity index (χ1n) is 6.01. The van der Waals surface area contributed by atoms with Crippen LogP contribution < -0.4 is 0 Å². The van der Waals surface area contributed by atoms with Crippen LogP contribution >= 0.6 is 0 Å². The van der Waals surface area contributed by atoms with E-state index in [-0.39, 0.29) is 0 Å². The van der Waals surface area contributed by atoms with E-state index in [1.807, 2.05) is 0 Å². The van der Waals surface area contributed by atoms with Crippen LogP contribution in [0, 0.1) is 13.8 Å². The maximum atomic E-state index is 2.23. The topological polar surface area (TPSA) is 9.86 Å². The highest BCUT2D eigenvalue weighted by atomic mass is 15.4. The molecule has 0 radical (unpaired) electrons. The van der Waals surface area contributed by atoms with E-state index in [4.69, 9.17) is 0 Å². The summed E-state index contributed by atoms with van der Waals surface area (Å²) in [5.74, 6) is 0. The van der Waals surface area contributed by atoms with Gasteiger partial charge in [-0.2, -0.15) is 0 Å². The molecule has 16 heavy (non-hydrogen) atoms. The molecule has 2 heterocycles. The summed E-state index contributed by atoms with van der Waals surface area (Å²) in [4.78, 5) is 0. The Kier molecular flexibility index (Phi) is 2.90. The monoisotopic (exact) mass is 216 g/mol. The fourth-order valence-corrected chi connectivity index (χ4v) is 2.06. The van der Waals surface area contributed by atoms with Gasteiger partial charge in [0.15, 0.2) is 0 Å². The Morgan fingerprint density at radius 1 is 0.750 bits per heavy atom. The lowest BCUT2D eigenvalue weighted by Gasteiger charge is -2.02. The number of rotatable bonds is 3. The van der Waals surface area contributed by atoms with Crippen molar-refractivity contribution in [3.63, 3.8) is 0 Å². The van der Waals surface area contributed by atoms with Gasteiger partial charge in [-0.1, -0.05) is 13.8 Å². The summed E-state index contributed by atoms with van der Waals surface area (Å²) >= 11 is 0. The number of aryl methyl sites for hydroxylation is 4. The predicted octanol–water partition coefficient (Wildman–Crippen LogP) is 3.34. The van der Waals surface area contributed by atoms with Crippen molar-refractivity contribution in [3.8, 4) is 0 Å². The number of aromatic nitrogens is 2. The van der Waals surface area contributed by atoms with Crippen molar-refractivity contribution in [2.24, 2.45) is 0 Å². The second-order valence-electron chi connectivity index (χ2n) is 4.40. The van der Waals surface area contributed by atoms with E-state index >= 15 is 0 Å². The Morgan fingerprint density at radius 2 is 1.12 bits per heavy atom. The summed E-state index contributed by atoms with van der Waals surface area (Å²) in [6.45, 7) is 8.73. The lowest BCUT2D eigenvalue weighted by Crippen LogP contribution is -2.02. The molecule has 0 N–H and O–H groups in total. The van der Waals surface area contributed by atoms with E-state index in [9.17, 15) is 0 Å². The summed E-state index contributed by atoms with van der Waals surface area (Å²) in [5.41, 5.74) is 5.58. The highest BCUT2D eigenvalue weighted by molar-refractivity contribution is 5.26. The largest absolute Gasteiger partial charge is 0.264 e. The Bertz CT molecular complexity index is 448. The Morgan fingerprint density at radius 3 is 1.50 bits per heavy atom. The second kappa shape index (κ2) is 4.20. The van der Waals surface area contributed by atoms with Crippen LogP contribution in [0.5, 0.6) is 0 Å². The number of nitrogens with zero attached hydrogens (tertiary/aromatic N) is 2. The van der Waals surface area contributed by atoms with Gasteiger partial charge in [0, 0.05) is 24.8 Å². The first-order valence-corrected chi connectivity index (χ1v) is 6.01. The van der Waals surface area contributed by atoms with Gasteiger partial charge >= 0.3 is 0 Å². The molecule has 0 unspecified atom stereocenters. The van der Waals surface area contributed by atoms with Crippen LogP contribution in [0.15, 0.2) is 24.8 Å². The van der Waals surface area contributed by atoms with Crippen molar-refractivity contribution < 1.29 is 0 Å². The second-order valence-corrected chi connectivity index (χ2v) is 4.40. The van der Waals surface area contributed by atoms with Gasteiger partial charge in [-0.25, -0.2) is 0 Å². The zero-order valence-electron chi connectivity index (χ0n) is 10.6. The normalized spacial score (nSPS) is 11.0. The standard InChI is InChI=1S/C14H20N2/c1-5-13-9-16(10-14(13)6-2)15-7-11(3)12(4)8-15/h7-10H,5-6H2,1-4H3. The molecule has 0 aliphatic heterocycles. The van der Waals surface area contributed by atoms with E-state index in [0.29, 0.717) is 0 Å². The molecule has 0 aliphatic rings. The third-order valence-corrected chi connectivity index (χ3v) is 3.29. The van der Waals surface area contributed by atoms with Gasteiger partial charge < -0.3 is 0 Å². The van der Waals surface area contributed by atoms with Crippen LogP contribution in [0.4, 0.5) is 0 Å². The van der Waals surface area contributed by atoms with E-state index in [0.717, 1.165) is 12.8 Å². The third-order valence-electron chi connectivity index (χ3n) is 3.29. The Labute approximate surface area is 97.5 Å². The van der Waals surface area contributed by atoms with Crippen molar-refractivity contribution in [1.82, 2.24) is 9.35 Å². The van der Waals surface area contributed by atoms with E-state index in [1.165, 1.54) is 22.3 Å². The molecule has 2 aromatic rings. The average molecular weight is 216 g/mol. The Balaban J connectivity index is 2.44. The summed E-state index contributed by atoms with van der Waals surface area (Å²) in [7, 11) is 0. The molecule has 2 nitrogen and oxygen atoms in total. The fourth-order valence-electron chi connectivity index (χ4n) is 2.06. The molecule has 0 amide bonds. The van der Waals surface area contributed by atoms with Crippen molar-refractivity contribution in [1.29, 1.82) is 0 Å². The van der Waals surface area contributed by atoms with Crippen LogP contribution in [0.1, 0.15) is 36.1 Å². The van der Waals surface area contributed by atoms with Crippen molar-refractivity contribution in [2.45, 2.75) is 40.5 Å². The summed E-state index contributed by atoms with van der Waals surface area (Å²) in [6, 6.07) is 0. The first kappa shape index (κ1) is 11.1. The molecule has 2 aromatic heterocycles. The van der Waals surface area contributed by atoms with Crippen molar-refractivity contribution in [3.05, 3.63) is 47.0 Å². The molecular formula is C14H20N2. The molecule has 0 aliphatic carbocycles. The van der Waals surface area contributed by atoms with Crippen LogP contribution in [0.2, 0.25) is 0 Å². The average Bonchev–Trinajstić information content (AvgIpc) is 2.83. The summed E-state index contributed by atoms with van der Waals surface area (Å²) in [5, 5.41) is 0. The first-order chi connectivity index (χ1) is 7.65. The predicted molar refractivity (Wildman–Crippen MR) is 67.9 cm³/mol. The van der Waals surface area contributed by atoms with Gasteiger partial charge in [-0.05, 0) is 48.9 Å². The van der Waals surface area contributed by atoms with Crippen molar-refractivity contribution >= 4 is 0 Å². The Hall–Kier alpha value is -1.44. The maximum absolute atomic E-state index is 2.23. The quantitative estimate of drug-likeness (QED) is 0.744. The molecule has 86 valence electrons. The van der Waals surface area contributed by atoms with E-state index in [1.54, 1.807) is 0 Å². The van der Waals surface area contributed by atoms with Gasteiger partial charge in [0.1, 0.15) is 0 Å². The minimum Gasteiger partial charge on any atom is -0.264 e. The molecule has 0 aromatic carbocycles. The van der Waals surface area contributed by atoms with Crippen LogP contribution in [-0.2, 0) is 12.8 Å². The minimum absolute atomic E-state index is 1.11. The van der Waals surface area contributed by atoms with Gasteiger partial charge in [-0.15, -0.1) is 0 Å². The van der Waals surface area contributed by atoms with Gasteiger partial charge in [0.2, 0.25) is 0 Å². The smallest absolute Gasteiger partial charge is 0.0303 e.